The number of carbonyl (C=O) groups excluding carboxylic acids is 1. The molecule has 1 atom stereocenters. The van der Waals surface area contributed by atoms with Gasteiger partial charge in [-0.3, -0.25) is 4.79 Å². The lowest BCUT2D eigenvalue weighted by Crippen LogP contribution is -2.35. The van der Waals surface area contributed by atoms with Crippen molar-refractivity contribution in [2.45, 2.75) is 72.1 Å². The minimum Gasteiger partial charge on any atom is -0.302 e. The first-order valence-electron chi connectivity index (χ1n) is 6.84. The van der Waals surface area contributed by atoms with Gasteiger partial charge in [0, 0.05) is 5.41 Å². The first-order valence-corrected chi connectivity index (χ1v) is 7.29. The summed E-state index contributed by atoms with van der Waals surface area (Å²) in [5.41, 5.74) is 0.227. The average molecular weight is 257 g/mol. The zero-order valence-corrected chi connectivity index (χ0v) is 12.4. The van der Waals surface area contributed by atoms with Gasteiger partial charge in [0.1, 0.15) is 0 Å². The molecule has 2 nitrogen and oxygen atoms in total. The Morgan fingerprint density at radius 1 is 0.941 bits per heavy atom. The topological polar surface area (TPSA) is 29.1 Å². The number of hydrogen-bond acceptors (Lipinski definition) is 2. The summed E-state index contributed by atoms with van der Waals surface area (Å²) in [4.78, 5) is 11.9. The van der Waals surface area contributed by atoms with Crippen LogP contribution in [-0.2, 0) is 4.79 Å². The van der Waals surface area contributed by atoms with E-state index in [2.05, 4.69) is 38.3 Å². The number of nitrogens with one attached hydrogen (secondary N) is 1. The molecular weight excluding hydrogens is 230 g/mol. The van der Waals surface area contributed by atoms with E-state index >= 15 is 0 Å². The Balaban J connectivity index is 2.65. The van der Waals surface area contributed by atoms with Crippen molar-refractivity contribution in [1.29, 1.82) is 0 Å². The zero-order chi connectivity index (χ0) is 12.9. The van der Waals surface area contributed by atoms with E-state index in [-0.39, 0.29) is 11.3 Å². The number of amides is 1. The highest BCUT2D eigenvalue weighted by atomic mass is 32.1. The molecule has 0 spiro atoms. The molecule has 1 aliphatic rings. The predicted molar refractivity (Wildman–Crippen MR) is 76.0 cm³/mol. The largest absolute Gasteiger partial charge is 0.302 e. The van der Waals surface area contributed by atoms with Crippen LogP contribution in [0.1, 0.15) is 72.1 Å². The summed E-state index contributed by atoms with van der Waals surface area (Å²) < 4.78 is 2.54. The number of rotatable bonds is 1. The van der Waals surface area contributed by atoms with Crippen LogP contribution in [0.4, 0.5) is 0 Å². The zero-order valence-electron chi connectivity index (χ0n) is 11.5. The summed E-state index contributed by atoms with van der Waals surface area (Å²) >= 11 is 3.92. The normalized spacial score (nSPS) is 30.6. The number of thiol groups is 1. The van der Waals surface area contributed by atoms with Crippen molar-refractivity contribution in [2.24, 2.45) is 10.8 Å². The Bertz CT molecular complexity index is 265. The Hall–Kier alpha value is -0.180. The van der Waals surface area contributed by atoms with Crippen LogP contribution in [0.5, 0.6) is 0 Å². The second kappa shape index (κ2) is 6.12. The van der Waals surface area contributed by atoms with Gasteiger partial charge >= 0.3 is 0 Å². The maximum atomic E-state index is 11.9. The van der Waals surface area contributed by atoms with Crippen LogP contribution >= 0.6 is 12.8 Å². The molecule has 0 heterocycles. The quantitative estimate of drug-likeness (QED) is 0.680. The minimum atomic E-state index is -0.213. The van der Waals surface area contributed by atoms with Crippen molar-refractivity contribution in [3.8, 4) is 0 Å². The van der Waals surface area contributed by atoms with E-state index in [1.165, 1.54) is 25.7 Å². The molecule has 1 fully saturated rings. The fourth-order valence-electron chi connectivity index (χ4n) is 2.86. The predicted octanol–water partition coefficient (Wildman–Crippen LogP) is 4.11. The van der Waals surface area contributed by atoms with Gasteiger partial charge in [-0.2, -0.15) is 0 Å². The molecule has 3 heteroatoms. The first-order chi connectivity index (χ1) is 7.90. The van der Waals surface area contributed by atoms with E-state index in [1.807, 2.05) is 0 Å². The lowest BCUT2D eigenvalue weighted by atomic mass is 9.74. The van der Waals surface area contributed by atoms with Crippen LogP contribution in [0, 0.1) is 10.8 Å². The molecule has 0 aromatic carbocycles. The summed E-state index contributed by atoms with van der Waals surface area (Å²) in [7, 11) is 0. The van der Waals surface area contributed by atoms with Crippen LogP contribution < -0.4 is 4.72 Å². The summed E-state index contributed by atoms with van der Waals surface area (Å²) in [5, 5.41) is 0. The summed E-state index contributed by atoms with van der Waals surface area (Å²) in [6.07, 6.45) is 9.39. The molecule has 1 rings (SSSR count). The van der Waals surface area contributed by atoms with Crippen LogP contribution in [0.3, 0.4) is 0 Å². The van der Waals surface area contributed by atoms with Crippen molar-refractivity contribution >= 4 is 18.7 Å². The molecular formula is C14H27NOS. The smallest absolute Gasteiger partial charge is 0.235 e. The third-order valence-electron chi connectivity index (χ3n) is 4.31. The molecule has 100 valence electrons. The van der Waals surface area contributed by atoms with E-state index in [0.29, 0.717) is 5.41 Å². The molecule has 0 radical (unpaired) electrons. The fourth-order valence-corrected chi connectivity index (χ4v) is 3.13. The molecule has 1 amide bonds. The van der Waals surface area contributed by atoms with E-state index < -0.39 is 0 Å². The first kappa shape index (κ1) is 14.9. The van der Waals surface area contributed by atoms with Crippen LogP contribution in [0.15, 0.2) is 0 Å². The Kier molecular flexibility index (Phi) is 5.36. The molecule has 0 bridgehead atoms. The third kappa shape index (κ3) is 4.53. The summed E-state index contributed by atoms with van der Waals surface area (Å²) in [6.45, 7) is 6.79. The van der Waals surface area contributed by atoms with Gasteiger partial charge in [0.2, 0.25) is 5.91 Å². The second-order valence-corrected chi connectivity index (χ2v) is 6.80. The highest BCUT2D eigenvalue weighted by molar-refractivity contribution is 7.78. The van der Waals surface area contributed by atoms with E-state index in [4.69, 9.17) is 0 Å². The highest BCUT2D eigenvalue weighted by Crippen LogP contribution is 2.37. The van der Waals surface area contributed by atoms with Crippen LogP contribution in [0.2, 0.25) is 0 Å². The molecule has 0 aromatic rings. The standard InChI is InChI=1S/C14H27NOS/c1-13(2)8-5-4-6-10-14(3,11-7-9-13)12(16)15-17/h17H,4-11H2,1-3H3,(H,15,16). The Morgan fingerprint density at radius 3 is 2.12 bits per heavy atom. The summed E-state index contributed by atoms with van der Waals surface area (Å²) in [5.74, 6) is 0.0965. The van der Waals surface area contributed by atoms with Crippen LogP contribution in [0.25, 0.3) is 0 Å². The van der Waals surface area contributed by atoms with Gasteiger partial charge in [-0.05, 0) is 31.1 Å². The molecule has 0 aliphatic heterocycles. The molecule has 0 saturated heterocycles. The SMILES string of the molecule is CC1(C)CCCCCC(C)(C(=O)NS)CCC1. The lowest BCUT2D eigenvalue weighted by Gasteiger charge is -2.32. The van der Waals surface area contributed by atoms with Crippen molar-refractivity contribution in [3.63, 3.8) is 0 Å². The molecule has 1 aliphatic carbocycles. The van der Waals surface area contributed by atoms with Crippen molar-refractivity contribution in [2.75, 3.05) is 0 Å². The number of carbonyl (C=O) groups is 1. The van der Waals surface area contributed by atoms with Crippen molar-refractivity contribution in [1.82, 2.24) is 4.72 Å². The van der Waals surface area contributed by atoms with Gasteiger partial charge in [-0.1, -0.05) is 59.3 Å². The van der Waals surface area contributed by atoms with Gasteiger partial charge in [0.25, 0.3) is 0 Å². The maximum Gasteiger partial charge on any atom is 0.235 e. The fraction of sp³-hybridized carbons (Fsp3) is 0.929. The Labute approximate surface area is 111 Å². The van der Waals surface area contributed by atoms with Gasteiger partial charge < -0.3 is 4.72 Å². The third-order valence-corrected chi connectivity index (χ3v) is 4.52. The molecule has 17 heavy (non-hydrogen) atoms. The van der Waals surface area contributed by atoms with E-state index in [1.54, 1.807) is 0 Å². The van der Waals surface area contributed by atoms with E-state index in [9.17, 15) is 4.79 Å². The highest BCUT2D eigenvalue weighted by Gasteiger charge is 2.33. The second-order valence-electron chi connectivity index (χ2n) is 6.58. The van der Waals surface area contributed by atoms with E-state index in [0.717, 1.165) is 25.7 Å². The van der Waals surface area contributed by atoms with Gasteiger partial charge in [0.05, 0.1) is 0 Å². The maximum absolute atomic E-state index is 11.9. The van der Waals surface area contributed by atoms with Crippen LogP contribution in [-0.4, -0.2) is 5.91 Å². The van der Waals surface area contributed by atoms with Crippen molar-refractivity contribution in [3.05, 3.63) is 0 Å². The molecule has 1 unspecified atom stereocenters. The molecule has 1 saturated carbocycles. The monoisotopic (exact) mass is 257 g/mol. The van der Waals surface area contributed by atoms with Gasteiger partial charge in [-0.25, -0.2) is 0 Å². The Morgan fingerprint density at radius 2 is 1.47 bits per heavy atom. The summed E-state index contributed by atoms with van der Waals surface area (Å²) in [6, 6.07) is 0. The molecule has 0 aromatic heterocycles. The minimum absolute atomic E-state index is 0.0965. The van der Waals surface area contributed by atoms with Gasteiger partial charge in [-0.15, -0.1) is 0 Å². The molecule has 1 N–H and O–H groups in total. The van der Waals surface area contributed by atoms with Crippen molar-refractivity contribution < 1.29 is 4.79 Å². The van der Waals surface area contributed by atoms with Gasteiger partial charge in [0.15, 0.2) is 0 Å². The average Bonchev–Trinajstić information content (AvgIpc) is 2.26. The lowest BCUT2D eigenvalue weighted by molar-refractivity contribution is -0.129. The number of hydrogen-bond donors (Lipinski definition) is 2.